The first-order valence-electron chi connectivity index (χ1n) is 7.34. The van der Waals surface area contributed by atoms with Crippen molar-refractivity contribution in [3.63, 3.8) is 0 Å². The monoisotopic (exact) mass is 273 g/mol. The summed E-state index contributed by atoms with van der Waals surface area (Å²) in [6.45, 7) is 13.3. The molecule has 2 unspecified atom stereocenters. The van der Waals surface area contributed by atoms with Crippen LogP contribution in [0.2, 0.25) is 0 Å². The Balaban J connectivity index is 2.48. The summed E-state index contributed by atoms with van der Waals surface area (Å²) in [6.07, 6.45) is 4.23. The molecule has 2 nitrogen and oxygen atoms in total. The van der Waals surface area contributed by atoms with E-state index in [4.69, 9.17) is 4.74 Å². The maximum absolute atomic E-state index is 5.84. The molecule has 1 aliphatic rings. The van der Waals surface area contributed by atoms with Crippen LogP contribution >= 0.6 is 11.8 Å². The maximum atomic E-state index is 5.84. The second-order valence-electron chi connectivity index (χ2n) is 6.53. The van der Waals surface area contributed by atoms with E-state index in [9.17, 15) is 0 Å². The second-order valence-corrected chi connectivity index (χ2v) is 7.92. The van der Waals surface area contributed by atoms with Gasteiger partial charge in [-0.2, -0.15) is 11.8 Å². The van der Waals surface area contributed by atoms with Gasteiger partial charge < -0.3 is 10.1 Å². The van der Waals surface area contributed by atoms with E-state index >= 15 is 0 Å². The summed E-state index contributed by atoms with van der Waals surface area (Å²) in [4.78, 5) is 0. The highest BCUT2D eigenvalue weighted by Gasteiger charge is 2.41. The smallest absolute Gasteiger partial charge is 0.0616 e. The Labute approximate surface area is 118 Å². The van der Waals surface area contributed by atoms with Gasteiger partial charge in [0.25, 0.3) is 0 Å². The minimum Gasteiger partial charge on any atom is -0.378 e. The Morgan fingerprint density at radius 3 is 2.61 bits per heavy atom. The van der Waals surface area contributed by atoms with Gasteiger partial charge >= 0.3 is 0 Å². The molecule has 0 aromatic carbocycles. The van der Waals surface area contributed by atoms with E-state index in [0.29, 0.717) is 11.5 Å². The van der Waals surface area contributed by atoms with E-state index in [1.807, 2.05) is 0 Å². The SMILES string of the molecule is CCSCCCC1(CNC(C)(C)C)CCOC1C. The molecule has 1 aliphatic heterocycles. The summed E-state index contributed by atoms with van der Waals surface area (Å²) < 4.78 is 5.84. The highest BCUT2D eigenvalue weighted by atomic mass is 32.2. The third kappa shape index (κ3) is 5.10. The first kappa shape index (κ1) is 16.3. The number of nitrogens with one attached hydrogen (secondary N) is 1. The normalized spacial score (nSPS) is 28.8. The summed E-state index contributed by atoms with van der Waals surface area (Å²) in [6, 6.07) is 0. The number of ether oxygens (including phenoxy) is 1. The van der Waals surface area contributed by atoms with E-state index in [0.717, 1.165) is 13.2 Å². The second kappa shape index (κ2) is 7.16. The number of rotatable bonds is 7. The highest BCUT2D eigenvalue weighted by Crippen LogP contribution is 2.39. The topological polar surface area (TPSA) is 21.3 Å². The molecule has 0 saturated carbocycles. The van der Waals surface area contributed by atoms with Crippen LogP contribution in [0.4, 0.5) is 0 Å². The van der Waals surface area contributed by atoms with Gasteiger partial charge in [-0.3, -0.25) is 0 Å². The Morgan fingerprint density at radius 1 is 1.39 bits per heavy atom. The van der Waals surface area contributed by atoms with Gasteiger partial charge in [-0.1, -0.05) is 6.92 Å². The van der Waals surface area contributed by atoms with Crippen LogP contribution < -0.4 is 5.32 Å². The minimum absolute atomic E-state index is 0.202. The molecular formula is C15H31NOS. The number of thioether (sulfide) groups is 1. The molecule has 1 saturated heterocycles. The summed E-state index contributed by atoms with van der Waals surface area (Å²) in [5, 5.41) is 3.69. The molecule has 18 heavy (non-hydrogen) atoms. The third-order valence-corrected chi connectivity index (χ3v) is 4.95. The maximum Gasteiger partial charge on any atom is 0.0616 e. The van der Waals surface area contributed by atoms with Crippen LogP contribution in [0.15, 0.2) is 0 Å². The van der Waals surface area contributed by atoms with E-state index in [2.05, 4.69) is 51.7 Å². The number of hydrogen-bond acceptors (Lipinski definition) is 3. The van der Waals surface area contributed by atoms with Gasteiger partial charge in [0.1, 0.15) is 0 Å². The Bertz CT molecular complexity index is 239. The molecule has 1 fully saturated rings. The molecule has 0 radical (unpaired) electrons. The zero-order valence-electron chi connectivity index (χ0n) is 12.8. The van der Waals surface area contributed by atoms with Gasteiger partial charge in [0.05, 0.1) is 6.10 Å². The molecule has 0 bridgehead atoms. The van der Waals surface area contributed by atoms with Gasteiger partial charge in [-0.25, -0.2) is 0 Å². The molecule has 0 amide bonds. The van der Waals surface area contributed by atoms with E-state index in [1.54, 1.807) is 0 Å². The molecule has 0 spiro atoms. The van der Waals surface area contributed by atoms with Gasteiger partial charge in [0.15, 0.2) is 0 Å². The zero-order valence-corrected chi connectivity index (χ0v) is 13.7. The number of hydrogen-bond donors (Lipinski definition) is 1. The molecule has 0 aromatic heterocycles. The van der Waals surface area contributed by atoms with Crippen molar-refractivity contribution in [2.24, 2.45) is 5.41 Å². The van der Waals surface area contributed by atoms with Gasteiger partial charge in [-0.05, 0) is 58.5 Å². The van der Waals surface area contributed by atoms with E-state index in [-0.39, 0.29) is 5.54 Å². The first-order valence-corrected chi connectivity index (χ1v) is 8.49. The predicted octanol–water partition coefficient (Wildman–Crippen LogP) is 3.70. The standard InChI is InChI=1S/C15H31NOS/c1-6-18-11-7-8-15(9-10-17-13(15)2)12-16-14(3,4)5/h13,16H,6-12H2,1-5H3. The molecule has 1 rings (SSSR count). The van der Waals surface area contributed by atoms with Crippen molar-refractivity contribution in [3.8, 4) is 0 Å². The van der Waals surface area contributed by atoms with Gasteiger partial charge in [0.2, 0.25) is 0 Å². The largest absolute Gasteiger partial charge is 0.378 e. The van der Waals surface area contributed by atoms with Crippen molar-refractivity contribution < 1.29 is 4.74 Å². The molecule has 108 valence electrons. The van der Waals surface area contributed by atoms with E-state index in [1.165, 1.54) is 30.8 Å². The van der Waals surface area contributed by atoms with Crippen molar-refractivity contribution in [2.75, 3.05) is 24.7 Å². The summed E-state index contributed by atoms with van der Waals surface area (Å²) in [5.74, 6) is 2.53. The van der Waals surface area contributed by atoms with Crippen molar-refractivity contribution in [2.45, 2.75) is 65.5 Å². The summed E-state index contributed by atoms with van der Waals surface area (Å²) in [7, 11) is 0. The lowest BCUT2D eigenvalue weighted by molar-refractivity contribution is 0.0549. The fraction of sp³-hybridized carbons (Fsp3) is 1.00. The molecule has 1 N–H and O–H groups in total. The van der Waals surface area contributed by atoms with Gasteiger partial charge in [-0.15, -0.1) is 0 Å². The average Bonchev–Trinajstić information content (AvgIpc) is 2.64. The van der Waals surface area contributed by atoms with Crippen molar-refractivity contribution in [1.82, 2.24) is 5.32 Å². The fourth-order valence-corrected chi connectivity index (χ4v) is 3.22. The molecule has 0 aromatic rings. The molecule has 1 heterocycles. The lowest BCUT2D eigenvalue weighted by atomic mass is 9.77. The first-order chi connectivity index (χ1) is 8.40. The predicted molar refractivity (Wildman–Crippen MR) is 82.5 cm³/mol. The quantitative estimate of drug-likeness (QED) is 0.715. The van der Waals surface area contributed by atoms with Crippen LogP contribution in [0, 0.1) is 5.41 Å². The molecular weight excluding hydrogens is 242 g/mol. The molecule has 0 aliphatic carbocycles. The molecule has 2 atom stereocenters. The lowest BCUT2D eigenvalue weighted by Gasteiger charge is -2.36. The van der Waals surface area contributed by atoms with Crippen LogP contribution in [0.3, 0.4) is 0 Å². The van der Waals surface area contributed by atoms with Crippen molar-refractivity contribution in [1.29, 1.82) is 0 Å². The zero-order chi connectivity index (χ0) is 13.6. The molecule has 3 heteroatoms. The van der Waals surface area contributed by atoms with Crippen LogP contribution in [0.5, 0.6) is 0 Å². The minimum atomic E-state index is 0.202. The fourth-order valence-electron chi connectivity index (χ4n) is 2.58. The summed E-state index contributed by atoms with van der Waals surface area (Å²) in [5.41, 5.74) is 0.565. The van der Waals surface area contributed by atoms with E-state index < -0.39 is 0 Å². The van der Waals surface area contributed by atoms with Crippen LogP contribution in [-0.2, 0) is 4.74 Å². The Kier molecular flexibility index (Phi) is 6.49. The Morgan fingerprint density at radius 2 is 2.11 bits per heavy atom. The van der Waals surface area contributed by atoms with Crippen LogP contribution in [0.1, 0.15) is 53.9 Å². The summed E-state index contributed by atoms with van der Waals surface area (Å²) >= 11 is 2.05. The average molecular weight is 273 g/mol. The van der Waals surface area contributed by atoms with Crippen LogP contribution in [-0.4, -0.2) is 36.3 Å². The Hall–Kier alpha value is 0.270. The van der Waals surface area contributed by atoms with Gasteiger partial charge in [0, 0.05) is 24.1 Å². The van der Waals surface area contributed by atoms with Crippen molar-refractivity contribution in [3.05, 3.63) is 0 Å². The van der Waals surface area contributed by atoms with Crippen LogP contribution in [0.25, 0.3) is 0 Å². The highest BCUT2D eigenvalue weighted by molar-refractivity contribution is 7.99. The lowest BCUT2D eigenvalue weighted by Crippen LogP contribution is -2.46. The third-order valence-electron chi connectivity index (χ3n) is 3.97. The van der Waals surface area contributed by atoms with Crippen molar-refractivity contribution >= 4 is 11.8 Å².